The summed E-state index contributed by atoms with van der Waals surface area (Å²) in [5, 5.41) is 9.43. The fourth-order valence-corrected chi connectivity index (χ4v) is 4.83. The Kier molecular flexibility index (Phi) is 6.39. The third kappa shape index (κ3) is 4.97. The van der Waals surface area contributed by atoms with Crippen LogP contribution in [0, 0.1) is 5.92 Å². The molecule has 2 saturated heterocycles. The number of aromatic carboxylic acids is 1. The molecule has 1 atom stereocenters. The van der Waals surface area contributed by atoms with Crippen molar-refractivity contribution < 1.29 is 19.4 Å². The molecule has 0 saturated carbocycles. The van der Waals surface area contributed by atoms with Crippen LogP contribution in [-0.4, -0.2) is 58.6 Å². The zero-order valence-electron chi connectivity index (χ0n) is 18.0. The lowest BCUT2D eigenvalue weighted by Gasteiger charge is -2.47. The van der Waals surface area contributed by atoms with E-state index < -0.39 is 5.97 Å². The van der Waals surface area contributed by atoms with Gasteiger partial charge in [-0.05, 0) is 56.0 Å². The molecule has 2 heterocycles. The van der Waals surface area contributed by atoms with E-state index in [9.17, 15) is 14.7 Å². The van der Waals surface area contributed by atoms with Crippen LogP contribution in [0.15, 0.2) is 54.6 Å². The Bertz CT molecular complexity index is 924. The SMILES string of the molecule is CC1(C2CCN(Cc3ccccc3C(=O)O)CC2)CN(Cc2ccccc2)C(=O)CO1. The molecule has 2 aliphatic heterocycles. The van der Waals surface area contributed by atoms with E-state index >= 15 is 0 Å². The number of hydrogen-bond acceptors (Lipinski definition) is 4. The van der Waals surface area contributed by atoms with Gasteiger partial charge in [0.25, 0.3) is 0 Å². The molecule has 1 N–H and O–H groups in total. The van der Waals surface area contributed by atoms with Gasteiger partial charge in [-0.1, -0.05) is 48.5 Å². The smallest absolute Gasteiger partial charge is 0.336 e. The van der Waals surface area contributed by atoms with Crippen LogP contribution in [0.25, 0.3) is 0 Å². The number of piperidine rings is 1. The van der Waals surface area contributed by atoms with Crippen LogP contribution in [0.4, 0.5) is 0 Å². The van der Waals surface area contributed by atoms with Crippen molar-refractivity contribution in [3.63, 3.8) is 0 Å². The molecule has 0 aromatic heterocycles. The summed E-state index contributed by atoms with van der Waals surface area (Å²) < 4.78 is 6.10. The summed E-state index contributed by atoms with van der Waals surface area (Å²) in [6, 6.07) is 17.3. The molecule has 2 aliphatic rings. The standard InChI is InChI=1S/C25H30N2O4/c1-25(18-27(23(28)17-31-25)15-19-7-3-2-4-8-19)21-11-13-26(14-12-21)16-20-9-5-6-10-22(20)24(29)30/h2-10,21H,11-18H2,1H3,(H,29,30). The first kappa shape index (κ1) is 21.5. The molecule has 0 radical (unpaired) electrons. The van der Waals surface area contributed by atoms with E-state index in [1.165, 1.54) is 0 Å². The Morgan fingerprint density at radius 3 is 2.45 bits per heavy atom. The van der Waals surface area contributed by atoms with Crippen molar-refractivity contribution in [2.24, 2.45) is 5.92 Å². The van der Waals surface area contributed by atoms with Gasteiger partial charge in [-0.2, -0.15) is 0 Å². The molecule has 164 valence electrons. The number of ether oxygens (including phenoxy) is 1. The molecule has 2 aromatic rings. The molecule has 31 heavy (non-hydrogen) atoms. The molecule has 0 spiro atoms. The maximum Gasteiger partial charge on any atom is 0.336 e. The van der Waals surface area contributed by atoms with Gasteiger partial charge in [0.05, 0.1) is 17.7 Å². The second-order valence-corrected chi connectivity index (χ2v) is 8.85. The lowest BCUT2D eigenvalue weighted by Crippen LogP contribution is -2.57. The van der Waals surface area contributed by atoms with Gasteiger partial charge < -0.3 is 14.7 Å². The van der Waals surface area contributed by atoms with Gasteiger partial charge in [-0.25, -0.2) is 4.79 Å². The lowest BCUT2D eigenvalue weighted by atomic mass is 9.80. The van der Waals surface area contributed by atoms with E-state index in [1.807, 2.05) is 47.4 Å². The van der Waals surface area contributed by atoms with Gasteiger partial charge in [-0.15, -0.1) is 0 Å². The zero-order chi connectivity index (χ0) is 21.8. The number of rotatable bonds is 6. The number of carbonyl (C=O) groups excluding carboxylic acids is 1. The summed E-state index contributed by atoms with van der Waals surface area (Å²) in [5.41, 5.74) is 2.01. The Morgan fingerprint density at radius 2 is 1.74 bits per heavy atom. The Balaban J connectivity index is 1.36. The Hall–Kier alpha value is -2.70. The third-order valence-corrected chi connectivity index (χ3v) is 6.69. The largest absolute Gasteiger partial charge is 0.478 e. The molecule has 1 unspecified atom stereocenters. The van der Waals surface area contributed by atoms with Crippen LogP contribution in [-0.2, 0) is 22.6 Å². The molecule has 6 nitrogen and oxygen atoms in total. The molecule has 6 heteroatoms. The summed E-state index contributed by atoms with van der Waals surface area (Å²) in [6.45, 7) is 5.92. The van der Waals surface area contributed by atoms with Crippen molar-refractivity contribution in [2.75, 3.05) is 26.2 Å². The van der Waals surface area contributed by atoms with Gasteiger partial charge in [0.15, 0.2) is 0 Å². The number of carboxylic acid groups (broad SMARTS) is 1. The number of likely N-dealkylation sites (tertiary alicyclic amines) is 1. The van der Waals surface area contributed by atoms with E-state index in [-0.39, 0.29) is 18.1 Å². The van der Waals surface area contributed by atoms with Crippen LogP contribution in [0.2, 0.25) is 0 Å². The van der Waals surface area contributed by atoms with Crippen molar-refractivity contribution >= 4 is 11.9 Å². The monoisotopic (exact) mass is 422 g/mol. The van der Waals surface area contributed by atoms with E-state index in [2.05, 4.69) is 11.8 Å². The van der Waals surface area contributed by atoms with Gasteiger partial charge in [0, 0.05) is 13.1 Å². The minimum atomic E-state index is -0.878. The molecule has 2 aromatic carbocycles. The lowest BCUT2D eigenvalue weighted by molar-refractivity contribution is -0.174. The maximum atomic E-state index is 12.5. The van der Waals surface area contributed by atoms with Crippen molar-refractivity contribution in [3.05, 3.63) is 71.3 Å². The molecule has 0 bridgehead atoms. The second-order valence-electron chi connectivity index (χ2n) is 8.85. The number of carboxylic acids is 1. The minimum absolute atomic E-state index is 0.0454. The summed E-state index contributed by atoms with van der Waals surface area (Å²) in [5.74, 6) is -0.467. The number of benzene rings is 2. The molecular formula is C25H30N2O4. The highest BCUT2D eigenvalue weighted by molar-refractivity contribution is 5.89. The van der Waals surface area contributed by atoms with Crippen LogP contribution in [0.3, 0.4) is 0 Å². The molecule has 2 fully saturated rings. The van der Waals surface area contributed by atoms with E-state index in [1.54, 1.807) is 12.1 Å². The summed E-state index contributed by atoms with van der Waals surface area (Å²) >= 11 is 0. The number of hydrogen-bond donors (Lipinski definition) is 1. The normalized spacial score (nSPS) is 23.1. The van der Waals surface area contributed by atoms with Crippen LogP contribution >= 0.6 is 0 Å². The van der Waals surface area contributed by atoms with E-state index in [4.69, 9.17) is 4.74 Å². The summed E-state index contributed by atoms with van der Waals surface area (Å²) in [6.07, 6.45) is 1.94. The molecular weight excluding hydrogens is 392 g/mol. The number of morpholine rings is 1. The third-order valence-electron chi connectivity index (χ3n) is 6.69. The molecule has 4 rings (SSSR count). The highest BCUT2D eigenvalue weighted by Crippen LogP contribution is 2.35. The number of amides is 1. The van der Waals surface area contributed by atoms with E-state index in [0.29, 0.717) is 31.1 Å². The fraction of sp³-hybridized carbons (Fsp3) is 0.440. The molecule has 0 aliphatic carbocycles. The van der Waals surface area contributed by atoms with Crippen molar-refractivity contribution in [1.82, 2.24) is 9.80 Å². The van der Waals surface area contributed by atoms with Gasteiger partial charge >= 0.3 is 5.97 Å². The fourth-order valence-electron chi connectivity index (χ4n) is 4.83. The summed E-state index contributed by atoms with van der Waals surface area (Å²) in [7, 11) is 0. The van der Waals surface area contributed by atoms with Crippen LogP contribution in [0.1, 0.15) is 41.3 Å². The Morgan fingerprint density at radius 1 is 1.06 bits per heavy atom. The number of carbonyl (C=O) groups is 2. The summed E-state index contributed by atoms with van der Waals surface area (Å²) in [4.78, 5) is 28.2. The predicted molar refractivity (Wildman–Crippen MR) is 118 cm³/mol. The van der Waals surface area contributed by atoms with Gasteiger partial charge in [0.1, 0.15) is 6.61 Å². The van der Waals surface area contributed by atoms with Crippen LogP contribution in [0.5, 0.6) is 0 Å². The van der Waals surface area contributed by atoms with Crippen molar-refractivity contribution in [2.45, 2.75) is 38.5 Å². The first-order chi connectivity index (χ1) is 14.9. The number of nitrogens with zero attached hydrogens (tertiary/aromatic N) is 2. The first-order valence-corrected chi connectivity index (χ1v) is 10.9. The average molecular weight is 423 g/mol. The highest BCUT2D eigenvalue weighted by Gasteiger charge is 2.43. The minimum Gasteiger partial charge on any atom is -0.478 e. The van der Waals surface area contributed by atoms with Gasteiger partial charge in [0.2, 0.25) is 5.91 Å². The molecule has 1 amide bonds. The predicted octanol–water partition coefficient (Wildman–Crippen LogP) is 3.41. The zero-order valence-corrected chi connectivity index (χ0v) is 18.0. The van der Waals surface area contributed by atoms with E-state index in [0.717, 1.165) is 37.1 Å². The Labute approximate surface area is 183 Å². The van der Waals surface area contributed by atoms with Crippen molar-refractivity contribution in [1.29, 1.82) is 0 Å². The second kappa shape index (κ2) is 9.20. The topological polar surface area (TPSA) is 70.1 Å². The first-order valence-electron chi connectivity index (χ1n) is 10.9. The van der Waals surface area contributed by atoms with Crippen molar-refractivity contribution in [3.8, 4) is 0 Å². The maximum absolute atomic E-state index is 12.5. The average Bonchev–Trinajstić information content (AvgIpc) is 2.78. The van der Waals surface area contributed by atoms with Gasteiger partial charge in [-0.3, -0.25) is 9.69 Å². The van der Waals surface area contributed by atoms with Crippen LogP contribution < -0.4 is 0 Å². The highest BCUT2D eigenvalue weighted by atomic mass is 16.5. The quantitative estimate of drug-likeness (QED) is 0.773.